The molecule has 0 aromatic heterocycles. The van der Waals surface area contributed by atoms with E-state index in [0.29, 0.717) is 16.0 Å². The Labute approximate surface area is 143 Å². The molecule has 1 aliphatic carbocycles. The highest BCUT2D eigenvalue weighted by Crippen LogP contribution is 2.25. The lowest BCUT2D eigenvalue weighted by molar-refractivity contribution is 0.536. The lowest BCUT2D eigenvalue weighted by Crippen LogP contribution is -2.31. The zero-order chi connectivity index (χ0) is 17.0. The predicted octanol–water partition coefficient (Wildman–Crippen LogP) is 3.31. The molecule has 1 aliphatic rings. The van der Waals surface area contributed by atoms with Crippen LogP contribution in [0, 0.1) is 5.92 Å². The number of hydrogen-bond acceptors (Lipinski definition) is 4. The molecule has 0 aliphatic heterocycles. The van der Waals surface area contributed by atoms with Crippen LogP contribution >= 0.6 is 11.6 Å². The largest absolute Gasteiger partial charge is 0.754 e. The molecule has 2 atom stereocenters. The highest BCUT2D eigenvalue weighted by atomic mass is 35.5. The number of sulfonamides is 1. The minimum Gasteiger partial charge on any atom is -0.754 e. The van der Waals surface area contributed by atoms with Gasteiger partial charge in [0.15, 0.2) is 0 Å². The molecule has 2 rings (SSSR count). The third-order valence-electron chi connectivity index (χ3n) is 3.15. The van der Waals surface area contributed by atoms with Gasteiger partial charge >= 0.3 is 0 Å². The van der Waals surface area contributed by atoms with E-state index in [9.17, 15) is 17.2 Å². The second-order valence-corrected chi connectivity index (χ2v) is 8.21. The molecule has 8 heteroatoms. The van der Waals surface area contributed by atoms with E-state index >= 15 is 0 Å². The van der Waals surface area contributed by atoms with Gasteiger partial charge in [0, 0.05) is 5.02 Å². The van der Waals surface area contributed by atoms with Crippen LogP contribution in [0.15, 0.2) is 59.6 Å². The fourth-order valence-corrected chi connectivity index (χ4v) is 4.30. The highest BCUT2D eigenvalue weighted by Gasteiger charge is 2.21. The molecule has 1 aromatic rings. The molecule has 124 valence electrons. The van der Waals surface area contributed by atoms with Crippen molar-refractivity contribution in [2.45, 2.75) is 13.3 Å². The summed E-state index contributed by atoms with van der Waals surface area (Å²) in [6.45, 7) is 2.01. The number of halogens is 1. The number of benzene rings is 1. The Morgan fingerprint density at radius 2 is 2.17 bits per heavy atom. The van der Waals surface area contributed by atoms with Gasteiger partial charge < -0.3 is 4.55 Å². The first-order valence-corrected chi connectivity index (χ1v) is 9.66. The zero-order valence-corrected chi connectivity index (χ0v) is 14.6. The minimum absolute atomic E-state index is 0.0404. The molecule has 0 bridgehead atoms. The molecule has 1 aromatic carbocycles. The van der Waals surface area contributed by atoms with Crippen molar-refractivity contribution in [2.24, 2.45) is 5.92 Å². The number of hydrogen-bond donors (Lipinski definition) is 0. The van der Waals surface area contributed by atoms with E-state index in [1.165, 1.54) is 30.3 Å². The van der Waals surface area contributed by atoms with Gasteiger partial charge in [-0.15, -0.1) is 0 Å². The Hall–Kier alpha value is -1.41. The van der Waals surface area contributed by atoms with E-state index in [4.69, 9.17) is 11.6 Å². The van der Waals surface area contributed by atoms with Gasteiger partial charge in [-0.05, 0) is 42.2 Å². The average Bonchev–Trinajstić information content (AvgIpc) is 2.45. The summed E-state index contributed by atoms with van der Waals surface area (Å²) in [5.41, 5.74) is 0.771. The maximum Gasteiger partial charge on any atom is 0.267 e. The van der Waals surface area contributed by atoms with E-state index in [1.807, 2.05) is 19.1 Å². The first kappa shape index (κ1) is 17.9. The van der Waals surface area contributed by atoms with E-state index in [-0.39, 0.29) is 10.7 Å². The van der Waals surface area contributed by atoms with Gasteiger partial charge in [0.05, 0.1) is 22.4 Å². The van der Waals surface area contributed by atoms with Gasteiger partial charge in [-0.1, -0.05) is 42.8 Å². The summed E-state index contributed by atoms with van der Waals surface area (Å²) in [4.78, 5) is 0. The van der Waals surface area contributed by atoms with Gasteiger partial charge in [-0.2, -0.15) is 3.71 Å². The maximum absolute atomic E-state index is 12.4. The van der Waals surface area contributed by atoms with Crippen LogP contribution in [0.2, 0.25) is 5.02 Å². The molecule has 0 spiro atoms. The first-order chi connectivity index (χ1) is 10.8. The van der Waals surface area contributed by atoms with Crippen LogP contribution in [0.25, 0.3) is 0 Å². The van der Waals surface area contributed by atoms with Crippen molar-refractivity contribution < 1.29 is 17.2 Å². The fraction of sp³-hybridized carbons (Fsp3) is 0.200. The average molecular weight is 373 g/mol. The topological polar surface area (TPSA) is 77.5 Å². The predicted molar refractivity (Wildman–Crippen MR) is 91.9 cm³/mol. The molecule has 0 heterocycles. The Kier molecular flexibility index (Phi) is 5.80. The lowest BCUT2D eigenvalue weighted by Gasteiger charge is -2.24. The third-order valence-corrected chi connectivity index (χ3v) is 6.01. The molecule has 0 saturated carbocycles. The van der Waals surface area contributed by atoms with Gasteiger partial charge in [0.25, 0.3) is 10.0 Å². The van der Waals surface area contributed by atoms with Crippen molar-refractivity contribution in [1.29, 1.82) is 0 Å². The molecule has 2 unspecified atom stereocenters. The van der Waals surface area contributed by atoms with Gasteiger partial charge in [-0.25, -0.2) is 8.42 Å². The molecular formula is C15H15ClNO4S2-. The van der Waals surface area contributed by atoms with Crippen molar-refractivity contribution >= 4 is 38.6 Å². The Bertz CT molecular complexity index is 799. The molecule has 0 radical (unpaired) electrons. The first-order valence-electron chi connectivity index (χ1n) is 6.75. The van der Waals surface area contributed by atoms with Crippen LogP contribution < -0.4 is 3.71 Å². The van der Waals surface area contributed by atoms with Gasteiger partial charge in [-0.3, -0.25) is 4.21 Å². The van der Waals surface area contributed by atoms with Crippen LogP contribution in [-0.4, -0.2) is 17.2 Å². The Morgan fingerprint density at radius 1 is 1.43 bits per heavy atom. The molecule has 0 fully saturated rings. The highest BCUT2D eigenvalue weighted by molar-refractivity contribution is 8.07. The summed E-state index contributed by atoms with van der Waals surface area (Å²) in [6.07, 6.45) is 7.77. The molecule has 0 saturated heterocycles. The van der Waals surface area contributed by atoms with Crippen molar-refractivity contribution in [1.82, 2.24) is 0 Å². The van der Waals surface area contributed by atoms with Crippen LogP contribution in [0.5, 0.6) is 0 Å². The van der Waals surface area contributed by atoms with Gasteiger partial charge in [0.2, 0.25) is 0 Å². The van der Waals surface area contributed by atoms with Crippen LogP contribution in [0.3, 0.4) is 0 Å². The van der Waals surface area contributed by atoms with Crippen LogP contribution in [0.1, 0.15) is 13.3 Å². The van der Waals surface area contributed by atoms with Gasteiger partial charge in [0.1, 0.15) is 0 Å². The standard InChI is InChI=1S/C15H16ClNO4S2/c1-12-4-2-5-13(10-12)8-9-23(20,21)17(22(18)19)15-7-3-6-14(16)11-15/h2-9,11-12H,10H2,1H3,(H,18,19)/p-1. The smallest absolute Gasteiger partial charge is 0.267 e. The summed E-state index contributed by atoms with van der Waals surface area (Å²) in [7, 11) is -4.19. The number of anilines is 1. The van der Waals surface area contributed by atoms with Crippen LogP contribution in [0.4, 0.5) is 5.69 Å². The van der Waals surface area contributed by atoms with Crippen molar-refractivity contribution in [3.05, 3.63) is 64.6 Å². The van der Waals surface area contributed by atoms with Crippen molar-refractivity contribution in [3.8, 4) is 0 Å². The molecule has 0 amide bonds. The second kappa shape index (κ2) is 7.44. The minimum atomic E-state index is -4.19. The molecule has 5 nitrogen and oxygen atoms in total. The second-order valence-electron chi connectivity index (χ2n) is 5.08. The lowest BCUT2D eigenvalue weighted by atomic mass is 9.96. The number of allylic oxidation sites excluding steroid dienone is 5. The monoisotopic (exact) mass is 372 g/mol. The summed E-state index contributed by atoms with van der Waals surface area (Å²) < 4.78 is 47.8. The zero-order valence-electron chi connectivity index (χ0n) is 12.3. The summed E-state index contributed by atoms with van der Waals surface area (Å²) >= 11 is 2.81. The quantitative estimate of drug-likeness (QED) is 0.743. The third kappa shape index (κ3) is 4.78. The molecule has 23 heavy (non-hydrogen) atoms. The van der Waals surface area contributed by atoms with Crippen LogP contribution in [-0.2, 0) is 21.3 Å². The van der Waals surface area contributed by atoms with E-state index in [1.54, 1.807) is 6.08 Å². The van der Waals surface area contributed by atoms with E-state index in [0.717, 1.165) is 11.0 Å². The summed E-state index contributed by atoms with van der Waals surface area (Å²) in [6, 6.07) is 5.64. The molecule has 0 N–H and O–H groups in total. The SMILES string of the molecule is CC1C=CC=C(C=CS(=O)(=O)N(c2cccc(Cl)c2)S(=O)[O-])C1. The van der Waals surface area contributed by atoms with Crippen molar-refractivity contribution in [3.63, 3.8) is 0 Å². The normalized spacial score (nSPS) is 19.6. The molecular weight excluding hydrogens is 358 g/mol. The Morgan fingerprint density at radius 3 is 2.78 bits per heavy atom. The summed E-state index contributed by atoms with van der Waals surface area (Å²) in [5.74, 6) is 0.306. The number of rotatable bonds is 5. The maximum atomic E-state index is 12.4. The van der Waals surface area contributed by atoms with E-state index in [2.05, 4.69) is 0 Å². The van der Waals surface area contributed by atoms with E-state index < -0.39 is 21.3 Å². The summed E-state index contributed by atoms with van der Waals surface area (Å²) in [5, 5.41) is 1.13. The fourth-order valence-electron chi connectivity index (χ4n) is 2.14. The van der Waals surface area contributed by atoms with Crippen molar-refractivity contribution in [2.75, 3.05) is 3.71 Å². The number of nitrogens with zero attached hydrogens (tertiary/aromatic N) is 1. The Balaban J connectivity index is 2.33.